The summed E-state index contributed by atoms with van der Waals surface area (Å²) in [5.41, 5.74) is 0. The van der Waals surface area contributed by atoms with Gasteiger partial charge < -0.3 is 4.74 Å². The van der Waals surface area contributed by atoms with E-state index < -0.39 is 6.36 Å². The van der Waals surface area contributed by atoms with Gasteiger partial charge in [0, 0.05) is 0 Å². The highest BCUT2D eigenvalue weighted by molar-refractivity contribution is 5.48. The summed E-state index contributed by atoms with van der Waals surface area (Å²) in [6.45, 7) is 0.167. The number of aliphatic imine (C=N–C) groups is 1. The van der Waals surface area contributed by atoms with Gasteiger partial charge in [-0.15, -0.1) is 0 Å². The molecule has 0 aromatic rings. The lowest BCUT2D eigenvalue weighted by molar-refractivity contribution is 0.0909. The van der Waals surface area contributed by atoms with Gasteiger partial charge in [-0.2, -0.15) is 4.39 Å². The van der Waals surface area contributed by atoms with E-state index in [1.807, 2.05) is 0 Å². The fourth-order valence-corrected chi connectivity index (χ4v) is 0.278. The number of alkyl halides is 1. The molecule has 1 atom stereocenters. The van der Waals surface area contributed by atoms with E-state index in [1.165, 1.54) is 0 Å². The number of ether oxygens (including phenoxy) is 1. The van der Waals surface area contributed by atoms with E-state index in [9.17, 15) is 4.39 Å². The van der Waals surface area contributed by atoms with Crippen molar-refractivity contribution in [3.8, 4) is 0 Å². The number of hydrogen-bond acceptors (Lipinski definition) is 2. The Kier molecular flexibility index (Phi) is 0.742. The van der Waals surface area contributed by atoms with Crippen molar-refractivity contribution in [1.82, 2.24) is 0 Å². The molecule has 0 amide bonds. The van der Waals surface area contributed by atoms with Crippen molar-refractivity contribution in [3.05, 3.63) is 0 Å². The van der Waals surface area contributed by atoms with Crippen LogP contribution in [0.4, 0.5) is 4.39 Å². The maximum absolute atomic E-state index is 11.6. The molecular weight excluding hydrogens is 85.0 g/mol. The SMILES string of the molecule is FC1CN=CO1. The molecule has 3 heteroatoms. The van der Waals surface area contributed by atoms with Gasteiger partial charge in [-0.1, -0.05) is 0 Å². The largest absolute Gasteiger partial charge is 0.448 e. The lowest BCUT2D eigenvalue weighted by Gasteiger charge is -1.89. The van der Waals surface area contributed by atoms with Crippen molar-refractivity contribution in [2.24, 2.45) is 4.99 Å². The third-order valence-corrected chi connectivity index (χ3v) is 0.532. The molecule has 1 aliphatic heterocycles. The van der Waals surface area contributed by atoms with Gasteiger partial charge in [-0.3, -0.25) is 4.99 Å². The van der Waals surface area contributed by atoms with Gasteiger partial charge in [-0.25, -0.2) is 0 Å². The molecule has 34 valence electrons. The summed E-state index contributed by atoms with van der Waals surface area (Å²) < 4.78 is 15.8. The van der Waals surface area contributed by atoms with Crippen LogP contribution in [0, 0.1) is 0 Å². The molecule has 0 N–H and O–H groups in total. The van der Waals surface area contributed by atoms with Crippen molar-refractivity contribution in [2.45, 2.75) is 6.36 Å². The fraction of sp³-hybridized carbons (Fsp3) is 0.667. The van der Waals surface area contributed by atoms with E-state index in [0.717, 1.165) is 6.40 Å². The standard InChI is InChI=1S/C3H4FNO/c4-3-1-5-2-6-3/h2-3H,1H2. The van der Waals surface area contributed by atoms with Gasteiger partial charge >= 0.3 is 0 Å². The molecular formula is C3H4FNO. The van der Waals surface area contributed by atoms with E-state index >= 15 is 0 Å². The number of halogens is 1. The first-order valence-electron chi connectivity index (χ1n) is 1.67. The predicted octanol–water partition coefficient (Wildman–Crippen LogP) is 0.341. The molecule has 1 rings (SSSR count). The van der Waals surface area contributed by atoms with E-state index in [-0.39, 0.29) is 6.54 Å². The Balaban J connectivity index is 2.32. The fourth-order valence-electron chi connectivity index (χ4n) is 0.278. The van der Waals surface area contributed by atoms with Gasteiger partial charge in [-0.05, 0) is 0 Å². The molecule has 0 saturated carbocycles. The first kappa shape index (κ1) is 3.59. The maximum atomic E-state index is 11.6. The first-order chi connectivity index (χ1) is 2.89. The Hall–Kier alpha value is -0.600. The molecule has 0 fully saturated rings. The molecule has 0 saturated heterocycles. The third kappa shape index (κ3) is 0.478. The minimum atomic E-state index is -1.18. The van der Waals surface area contributed by atoms with Gasteiger partial charge in [0.15, 0.2) is 6.40 Å². The van der Waals surface area contributed by atoms with Gasteiger partial charge in [0.05, 0.1) is 0 Å². The zero-order chi connectivity index (χ0) is 4.41. The Morgan fingerprint density at radius 3 is 3.00 bits per heavy atom. The molecule has 0 aliphatic carbocycles. The summed E-state index contributed by atoms with van der Waals surface area (Å²) in [6, 6.07) is 0. The molecule has 0 aromatic heterocycles. The van der Waals surface area contributed by atoms with Crippen molar-refractivity contribution in [1.29, 1.82) is 0 Å². The van der Waals surface area contributed by atoms with Crippen molar-refractivity contribution in [3.63, 3.8) is 0 Å². The highest BCUT2D eigenvalue weighted by Gasteiger charge is 2.06. The van der Waals surface area contributed by atoms with Crippen LogP contribution in [-0.4, -0.2) is 19.3 Å². The molecule has 0 radical (unpaired) electrons. The second-order valence-corrected chi connectivity index (χ2v) is 1.02. The van der Waals surface area contributed by atoms with Crippen molar-refractivity contribution >= 4 is 6.40 Å². The average Bonchev–Trinajstić information content (AvgIpc) is 1.86. The van der Waals surface area contributed by atoms with Crippen LogP contribution in [0.5, 0.6) is 0 Å². The van der Waals surface area contributed by atoms with Gasteiger partial charge in [0.25, 0.3) is 6.36 Å². The van der Waals surface area contributed by atoms with E-state index in [2.05, 4.69) is 9.73 Å². The number of hydrogen-bond donors (Lipinski definition) is 0. The molecule has 1 aliphatic rings. The van der Waals surface area contributed by atoms with Crippen LogP contribution in [-0.2, 0) is 4.74 Å². The molecule has 0 aromatic carbocycles. The lowest BCUT2D eigenvalue weighted by Crippen LogP contribution is -1.98. The molecule has 1 heterocycles. The van der Waals surface area contributed by atoms with Crippen LogP contribution in [0.2, 0.25) is 0 Å². The molecule has 0 spiro atoms. The lowest BCUT2D eigenvalue weighted by atomic mass is 10.7. The summed E-state index contributed by atoms with van der Waals surface area (Å²) in [5, 5.41) is 0. The van der Waals surface area contributed by atoms with Gasteiger partial charge in [0.2, 0.25) is 0 Å². The van der Waals surface area contributed by atoms with E-state index in [4.69, 9.17) is 0 Å². The second-order valence-electron chi connectivity index (χ2n) is 1.02. The molecule has 0 bridgehead atoms. The van der Waals surface area contributed by atoms with Crippen molar-refractivity contribution < 1.29 is 9.13 Å². The topological polar surface area (TPSA) is 21.6 Å². The highest BCUT2D eigenvalue weighted by atomic mass is 19.1. The van der Waals surface area contributed by atoms with Crippen LogP contribution in [0.3, 0.4) is 0 Å². The minimum absolute atomic E-state index is 0.167. The van der Waals surface area contributed by atoms with Crippen LogP contribution in [0.1, 0.15) is 0 Å². The normalized spacial score (nSPS) is 30.5. The van der Waals surface area contributed by atoms with Crippen LogP contribution < -0.4 is 0 Å². The highest BCUT2D eigenvalue weighted by Crippen LogP contribution is 1.96. The van der Waals surface area contributed by atoms with E-state index in [0.29, 0.717) is 0 Å². The van der Waals surface area contributed by atoms with Gasteiger partial charge in [0.1, 0.15) is 6.54 Å². The van der Waals surface area contributed by atoms with E-state index in [1.54, 1.807) is 0 Å². The Morgan fingerprint density at radius 2 is 2.83 bits per heavy atom. The zero-order valence-electron chi connectivity index (χ0n) is 3.10. The summed E-state index contributed by atoms with van der Waals surface area (Å²) in [4.78, 5) is 3.44. The summed E-state index contributed by atoms with van der Waals surface area (Å²) >= 11 is 0. The van der Waals surface area contributed by atoms with Crippen LogP contribution >= 0.6 is 0 Å². The number of nitrogens with zero attached hydrogens (tertiary/aromatic N) is 1. The second kappa shape index (κ2) is 1.24. The Bertz CT molecular complexity index is 65.2. The smallest absolute Gasteiger partial charge is 0.258 e. The summed E-state index contributed by atoms with van der Waals surface area (Å²) in [5.74, 6) is 0. The zero-order valence-corrected chi connectivity index (χ0v) is 3.10. The first-order valence-corrected chi connectivity index (χ1v) is 1.67. The molecule has 6 heavy (non-hydrogen) atoms. The minimum Gasteiger partial charge on any atom is -0.448 e. The summed E-state index contributed by atoms with van der Waals surface area (Å²) in [7, 11) is 0. The number of rotatable bonds is 0. The van der Waals surface area contributed by atoms with Crippen molar-refractivity contribution in [2.75, 3.05) is 6.54 Å². The molecule has 1 unspecified atom stereocenters. The average molecular weight is 89.1 g/mol. The monoisotopic (exact) mass is 89.0 g/mol. The molecule has 2 nitrogen and oxygen atoms in total. The quantitative estimate of drug-likeness (QED) is 0.419. The maximum Gasteiger partial charge on any atom is 0.258 e. The van der Waals surface area contributed by atoms with Crippen LogP contribution in [0.25, 0.3) is 0 Å². The summed E-state index contributed by atoms with van der Waals surface area (Å²) in [6.07, 6.45) is -0.0463. The Morgan fingerprint density at radius 1 is 2.00 bits per heavy atom. The third-order valence-electron chi connectivity index (χ3n) is 0.532. The predicted molar refractivity (Wildman–Crippen MR) is 19.3 cm³/mol. The Labute approximate surface area is 34.6 Å². The van der Waals surface area contributed by atoms with Crippen LogP contribution in [0.15, 0.2) is 4.99 Å².